The van der Waals surface area contributed by atoms with E-state index in [-0.39, 0.29) is 23.5 Å². The average molecular weight is 454 g/mol. The molecule has 1 aromatic carbocycles. The summed E-state index contributed by atoms with van der Waals surface area (Å²) in [4.78, 5) is 26.9. The van der Waals surface area contributed by atoms with Crippen molar-refractivity contribution in [1.82, 2.24) is 24.7 Å². The highest BCUT2D eigenvalue weighted by Crippen LogP contribution is 2.37. The molecule has 0 amide bonds. The molecule has 3 aromatic heterocycles. The number of aromatic nitrogens is 6. The van der Waals surface area contributed by atoms with Crippen molar-refractivity contribution in [3.8, 4) is 11.5 Å². The van der Waals surface area contributed by atoms with Gasteiger partial charge in [-0.3, -0.25) is 9.36 Å². The van der Waals surface area contributed by atoms with Gasteiger partial charge in [-0.1, -0.05) is 27.8 Å². The molecular weight excluding hydrogens is 432 g/mol. The standard InChI is InChI=1S/C21H21ClN8O2/c1-10(25-18-16(17(23)29(3)9-24-18)20-26-11(2)28-32-20)19-27-14-6-4-5-13(22)15(14)21(31)30(19)12-7-8-12/h4-6,9-10,12H,7-8H2,1-3H3,(H2,23,25,26,28)/p+1. The Morgan fingerprint density at radius 2 is 2.12 bits per heavy atom. The SMILES string of the molecule is Cc1noc(-c2c(NC(C)c3nc4cccc(Cl)c4c(=O)n3C3CC3)nc[n+](C)c2N)n1. The largest absolute Gasteiger partial charge is 0.346 e. The Bertz CT molecular complexity index is 1410. The Morgan fingerprint density at radius 1 is 1.34 bits per heavy atom. The predicted molar refractivity (Wildman–Crippen MR) is 119 cm³/mol. The summed E-state index contributed by atoms with van der Waals surface area (Å²) in [6.07, 6.45) is 3.45. The summed E-state index contributed by atoms with van der Waals surface area (Å²) in [6, 6.07) is 5.03. The summed E-state index contributed by atoms with van der Waals surface area (Å²) in [6.45, 7) is 3.65. The molecule has 1 aliphatic carbocycles. The first-order valence-corrected chi connectivity index (χ1v) is 10.6. The lowest BCUT2D eigenvalue weighted by Crippen LogP contribution is -2.34. The molecule has 32 heavy (non-hydrogen) atoms. The summed E-state index contributed by atoms with van der Waals surface area (Å²) in [5, 5.41) is 8.05. The number of anilines is 2. The van der Waals surface area contributed by atoms with Gasteiger partial charge in [0.1, 0.15) is 5.82 Å². The molecular formula is C21H22ClN8O2+. The van der Waals surface area contributed by atoms with Gasteiger partial charge in [-0.2, -0.15) is 4.98 Å². The van der Waals surface area contributed by atoms with Gasteiger partial charge in [-0.05, 0) is 38.8 Å². The Hall–Kier alpha value is -3.53. The number of benzene rings is 1. The molecule has 5 rings (SSSR count). The van der Waals surface area contributed by atoms with E-state index in [1.165, 1.54) is 0 Å². The number of fused-ring (bicyclic) bond motifs is 1. The van der Waals surface area contributed by atoms with Crippen LogP contribution in [0.1, 0.15) is 43.5 Å². The van der Waals surface area contributed by atoms with Gasteiger partial charge in [0.25, 0.3) is 11.4 Å². The van der Waals surface area contributed by atoms with Crippen LogP contribution < -0.4 is 21.2 Å². The van der Waals surface area contributed by atoms with Crippen LogP contribution in [0.2, 0.25) is 5.02 Å². The number of halogens is 1. The Morgan fingerprint density at radius 3 is 2.81 bits per heavy atom. The number of hydrogen-bond acceptors (Lipinski definition) is 8. The van der Waals surface area contributed by atoms with E-state index in [1.807, 2.05) is 6.92 Å². The normalized spacial score (nSPS) is 14.6. The van der Waals surface area contributed by atoms with Crippen LogP contribution in [-0.4, -0.2) is 24.7 Å². The summed E-state index contributed by atoms with van der Waals surface area (Å²) < 4.78 is 8.77. The Kier molecular flexibility index (Phi) is 4.81. The lowest BCUT2D eigenvalue weighted by atomic mass is 10.2. The second-order valence-electron chi connectivity index (χ2n) is 7.99. The minimum Gasteiger partial charge on any atom is -0.346 e. The third-order valence-electron chi connectivity index (χ3n) is 5.53. The van der Waals surface area contributed by atoms with Crippen LogP contribution in [0.5, 0.6) is 0 Å². The van der Waals surface area contributed by atoms with Crippen LogP contribution in [0.4, 0.5) is 11.6 Å². The summed E-state index contributed by atoms with van der Waals surface area (Å²) in [7, 11) is 1.78. The highest BCUT2D eigenvalue weighted by atomic mass is 35.5. The van der Waals surface area contributed by atoms with E-state index in [0.717, 1.165) is 12.8 Å². The highest BCUT2D eigenvalue weighted by molar-refractivity contribution is 6.35. The van der Waals surface area contributed by atoms with Crippen LogP contribution in [0.25, 0.3) is 22.4 Å². The van der Waals surface area contributed by atoms with E-state index in [4.69, 9.17) is 26.8 Å². The first kappa shape index (κ1) is 20.4. The molecule has 4 aromatic rings. The lowest BCUT2D eigenvalue weighted by Gasteiger charge is -2.20. The van der Waals surface area contributed by atoms with Crippen molar-refractivity contribution < 1.29 is 9.09 Å². The Labute approximate surface area is 188 Å². The van der Waals surface area contributed by atoms with Crippen molar-refractivity contribution in [2.24, 2.45) is 7.05 Å². The topological polar surface area (TPSA) is 129 Å². The molecule has 1 unspecified atom stereocenters. The quantitative estimate of drug-likeness (QED) is 0.441. The maximum Gasteiger partial charge on any atom is 0.270 e. The van der Waals surface area contributed by atoms with Gasteiger partial charge < -0.3 is 15.6 Å². The molecule has 11 heteroatoms. The first-order valence-electron chi connectivity index (χ1n) is 10.3. The fraction of sp³-hybridized carbons (Fsp3) is 0.333. The van der Waals surface area contributed by atoms with Crippen LogP contribution >= 0.6 is 11.6 Å². The van der Waals surface area contributed by atoms with E-state index >= 15 is 0 Å². The molecule has 0 bridgehead atoms. The molecule has 3 heterocycles. The number of nitrogens with one attached hydrogen (secondary N) is 1. The van der Waals surface area contributed by atoms with Crippen LogP contribution in [0.15, 0.2) is 33.8 Å². The third kappa shape index (κ3) is 3.36. The van der Waals surface area contributed by atoms with Crippen molar-refractivity contribution in [2.45, 2.75) is 38.8 Å². The molecule has 0 saturated heterocycles. The van der Waals surface area contributed by atoms with Crippen molar-refractivity contribution in [1.29, 1.82) is 0 Å². The maximum atomic E-state index is 13.3. The third-order valence-corrected chi connectivity index (χ3v) is 5.85. The number of aryl methyl sites for hydroxylation is 2. The number of nitrogens with two attached hydrogens (primary N) is 1. The minimum atomic E-state index is -0.367. The summed E-state index contributed by atoms with van der Waals surface area (Å²) >= 11 is 6.33. The zero-order valence-electron chi connectivity index (χ0n) is 17.8. The van der Waals surface area contributed by atoms with E-state index < -0.39 is 0 Å². The van der Waals surface area contributed by atoms with Gasteiger partial charge in [0, 0.05) is 6.04 Å². The fourth-order valence-electron chi connectivity index (χ4n) is 3.77. The van der Waals surface area contributed by atoms with E-state index in [9.17, 15) is 4.79 Å². The van der Waals surface area contributed by atoms with Crippen molar-refractivity contribution in [2.75, 3.05) is 11.1 Å². The minimum absolute atomic E-state index is 0.111. The molecule has 0 aliphatic heterocycles. The molecule has 10 nitrogen and oxygen atoms in total. The van der Waals surface area contributed by atoms with Crippen LogP contribution in [0.3, 0.4) is 0 Å². The number of nitrogens with zero attached hydrogens (tertiary/aromatic N) is 6. The van der Waals surface area contributed by atoms with Gasteiger partial charge in [0.2, 0.25) is 18.0 Å². The average Bonchev–Trinajstić information content (AvgIpc) is 3.50. The molecule has 0 radical (unpaired) electrons. The second kappa shape index (κ2) is 7.56. The van der Waals surface area contributed by atoms with Gasteiger partial charge >= 0.3 is 0 Å². The molecule has 1 saturated carbocycles. The predicted octanol–water partition coefficient (Wildman–Crippen LogP) is 2.72. The molecule has 1 fully saturated rings. The zero-order valence-corrected chi connectivity index (χ0v) is 18.6. The van der Waals surface area contributed by atoms with Crippen LogP contribution in [0, 0.1) is 6.92 Å². The summed E-state index contributed by atoms with van der Waals surface area (Å²) in [5.41, 5.74) is 7.23. The zero-order chi connectivity index (χ0) is 22.6. The number of rotatable bonds is 5. The lowest BCUT2D eigenvalue weighted by molar-refractivity contribution is -0.659. The molecule has 1 aliphatic rings. The molecule has 1 atom stereocenters. The summed E-state index contributed by atoms with van der Waals surface area (Å²) in [5.74, 6) is 2.22. The Balaban J connectivity index is 1.63. The monoisotopic (exact) mass is 453 g/mol. The van der Waals surface area contributed by atoms with Gasteiger partial charge in [0.05, 0.1) is 29.0 Å². The smallest absolute Gasteiger partial charge is 0.270 e. The molecule has 3 N–H and O–H groups in total. The fourth-order valence-corrected chi connectivity index (χ4v) is 4.02. The second-order valence-corrected chi connectivity index (χ2v) is 8.39. The van der Waals surface area contributed by atoms with Gasteiger partial charge in [-0.15, -0.1) is 0 Å². The van der Waals surface area contributed by atoms with E-state index in [1.54, 1.807) is 47.6 Å². The van der Waals surface area contributed by atoms with Crippen molar-refractivity contribution >= 4 is 34.1 Å². The van der Waals surface area contributed by atoms with Gasteiger partial charge in [0.15, 0.2) is 11.4 Å². The number of hydrogen-bond donors (Lipinski definition) is 2. The first-order chi connectivity index (χ1) is 15.3. The maximum absolute atomic E-state index is 13.3. The molecule has 164 valence electrons. The molecule has 0 spiro atoms. The van der Waals surface area contributed by atoms with Gasteiger partial charge in [-0.25, -0.2) is 9.55 Å². The van der Waals surface area contributed by atoms with Crippen LogP contribution in [-0.2, 0) is 7.05 Å². The highest BCUT2D eigenvalue weighted by Gasteiger charge is 2.32. The van der Waals surface area contributed by atoms with Crippen molar-refractivity contribution in [3.05, 3.63) is 51.6 Å². The van der Waals surface area contributed by atoms with E-state index in [0.29, 0.717) is 44.8 Å². The van der Waals surface area contributed by atoms with E-state index in [2.05, 4.69) is 20.4 Å². The number of nitrogen functional groups attached to an aromatic ring is 1. The van der Waals surface area contributed by atoms with Crippen molar-refractivity contribution in [3.63, 3.8) is 0 Å².